The van der Waals surface area contributed by atoms with Crippen LogP contribution in [0.2, 0.25) is 0 Å². The Kier molecular flexibility index (Phi) is 4.95. The molecule has 2 rings (SSSR count). The third kappa shape index (κ3) is 2.75. The molecule has 1 aromatic heterocycles. The second-order valence-corrected chi connectivity index (χ2v) is 5.35. The van der Waals surface area contributed by atoms with E-state index in [1.807, 2.05) is 6.92 Å². The van der Waals surface area contributed by atoms with Gasteiger partial charge in [0.2, 0.25) is 0 Å². The van der Waals surface area contributed by atoms with E-state index in [0.717, 1.165) is 12.8 Å². The molecule has 1 atom stereocenters. The molecule has 0 aliphatic carbocycles. The molecule has 0 spiro atoms. The Hall–Kier alpha value is -2.18. The predicted molar refractivity (Wildman–Crippen MR) is 81.0 cm³/mol. The van der Waals surface area contributed by atoms with Crippen molar-refractivity contribution in [1.82, 2.24) is 14.9 Å². The van der Waals surface area contributed by atoms with E-state index in [2.05, 4.69) is 9.97 Å². The summed E-state index contributed by atoms with van der Waals surface area (Å²) in [5, 5.41) is 0. The predicted octanol–water partition coefficient (Wildman–Crippen LogP) is 1.40. The Bertz CT molecular complexity index is 563. The molecule has 2 heterocycles. The van der Waals surface area contributed by atoms with Gasteiger partial charge in [0.1, 0.15) is 5.54 Å². The van der Waals surface area contributed by atoms with Gasteiger partial charge in [0, 0.05) is 18.9 Å². The lowest BCUT2D eigenvalue weighted by atomic mass is 9.90. The molecule has 1 aromatic rings. The highest BCUT2D eigenvalue weighted by atomic mass is 16.5. The van der Waals surface area contributed by atoms with Crippen LogP contribution in [0, 0.1) is 0 Å². The minimum atomic E-state index is -0.911. The highest BCUT2D eigenvalue weighted by Gasteiger charge is 2.50. The number of carbonyl (C=O) groups is 2. The minimum absolute atomic E-state index is 0.0775. The fourth-order valence-corrected chi connectivity index (χ4v) is 3.07. The molecule has 1 amide bonds. The topological polar surface area (TPSA) is 98.4 Å². The molecule has 1 aliphatic heterocycles. The number of nitrogen functional groups attached to an aromatic ring is 1. The first-order valence-corrected chi connectivity index (χ1v) is 7.62. The SMILES string of the molecule is CCC[C@@]1(C(=O)OCC)CCCN1C(=O)c1nccnc1N. The molecule has 0 aromatic carbocycles. The molecule has 0 bridgehead atoms. The summed E-state index contributed by atoms with van der Waals surface area (Å²) in [6.07, 6.45) is 5.55. The van der Waals surface area contributed by atoms with Crippen LogP contribution in [0.1, 0.15) is 50.0 Å². The van der Waals surface area contributed by atoms with Crippen LogP contribution in [0.4, 0.5) is 5.82 Å². The number of aromatic nitrogens is 2. The third-order valence-electron chi connectivity index (χ3n) is 3.98. The van der Waals surface area contributed by atoms with Crippen molar-refractivity contribution >= 4 is 17.7 Å². The van der Waals surface area contributed by atoms with Gasteiger partial charge in [-0.25, -0.2) is 14.8 Å². The molecule has 120 valence electrons. The maximum absolute atomic E-state index is 12.8. The summed E-state index contributed by atoms with van der Waals surface area (Å²) in [7, 11) is 0. The van der Waals surface area contributed by atoms with Crippen LogP contribution in [0.5, 0.6) is 0 Å². The maximum atomic E-state index is 12.8. The molecule has 2 N–H and O–H groups in total. The van der Waals surface area contributed by atoms with Crippen molar-refractivity contribution in [3.05, 3.63) is 18.1 Å². The molecule has 1 saturated heterocycles. The number of hydrogen-bond acceptors (Lipinski definition) is 6. The number of anilines is 1. The van der Waals surface area contributed by atoms with Crippen LogP contribution >= 0.6 is 0 Å². The molecule has 7 nitrogen and oxygen atoms in total. The first-order valence-electron chi connectivity index (χ1n) is 7.62. The first kappa shape index (κ1) is 16.2. The number of nitrogens with zero attached hydrogens (tertiary/aromatic N) is 3. The number of carbonyl (C=O) groups excluding carboxylic acids is 2. The molecule has 7 heteroatoms. The van der Waals surface area contributed by atoms with E-state index < -0.39 is 5.54 Å². The standard InChI is InChI=1S/C15H22N4O3/c1-3-6-15(14(21)22-4-2)7-5-10-19(15)13(20)11-12(16)18-9-8-17-11/h8-9H,3-7,10H2,1-2H3,(H2,16,18)/t15-/m0/s1. The number of nitrogens with two attached hydrogens (primary N) is 1. The Morgan fingerprint density at radius 1 is 1.36 bits per heavy atom. The Labute approximate surface area is 129 Å². The molecule has 1 aliphatic rings. The summed E-state index contributed by atoms with van der Waals surface area (Å²) in [6, 6.07) is 0. The summed E-state index contributed by atoms with van der Waals surface area (Å²) in [5.74, 6) is -0.622. The number of hydrogen-bond donors (Lipinski definition) is 1. The lowest BCUT2D eigenvalue weighted by Crippen LogP contribution is -2.54. The smallest absolute Gasteiger partial charge is 0.332 e. The van der Waals surface area contributed by atoms with Gasteiger partial charge in [-0.15, -0.1) is 0 Å². The van der Waals surface area contributed by atoms with Crippen molar-refractivity contribution in [2.24, 2.45) is 0 Å². The quantitative estimate of drug-likeness (QED) is 0.826. The normalized spacial score (nSPS) is 20.9. The Balaban J connectivity index is 2.37. The van der Waals surface area contributed by atoms with E-state index in [-0.39, 0.29) is 23.4 Å². The van der Waals surface area contributed by atoms with Crippen LogP contribution in [-0.4, -0.2) is 45.4 Å². The fraction of sp³-hybridized carbons (Fsp3) is 0.600. The van der Waals surface area contributed by atoms with Gasteiger partial charge in [0.05, 0.1) is 6.61 Å². The second kappa shape index (κ2) is 6.72. The van der Waals surface area contributed by atoms with Crippen molar-refractivity contribution in [2.75, 3.05) is 18.9 Å². The molecule has 0 radical (unpaired) electrons. The Morgan fingerprint density at radius 3 is 2.73 bits per heavy atom. The molecule has 22 heavy (non-hydrogen) atoms. The average molecular weight is 306 g/mol. The van der Waals surface area contributed by atoms with Crippen molar-refractivity contribution in [1.29, 1.82) is 0 Å². The minimum Gasteiger partial charge on any atom is -0.464 e. The van der Waals surface area contributed by atoms with Crippen molar-refractivity contribution in [3.8, 4) is 0 Å². The zero-order chi connectivity index (χ0) is 16.2. The monoisotopic (exact) mass is 306 g/mol. The van der Waals surface area contributed by atoms with Crippen molar-refractivity contribution in [3.63, 3.8) is 0 Å². The van der Waals surface area contributed by atoms with E-state index in [0.29, 0.717) is 26.0 Å². The van der Waals surface area contributed by atoms with E-state index in [4.69, 9.17) is 10.5 Å². The zero-order valence-electron chi connectivity index (χ0n) is 13.0. The van der Waals surface area contributed by atoms with E-state index in [1.165, 1.54) is 12.4 Å². The van der Waals surface area contributed by atoms with Crippen molar-refractivity contribution < 1.29 is 14.3 Å². The number of ether oxygens (including phenoxy) is 1. The number of amides is 1. The van der Waals surface area contributed by atoms with Crippen LogP contribution in [-0.2, 0) is 9.53 Å². The summed E-state index contributed by atoms with van der Waals surface area (Å²) in [4.78, 5) is 34.8. The van der Waals surface area contributed by atoms with Crippen LogP contribution in [0.25, 0.3) is 0 Å². The molecule has 1 fully saturated rings. The van der Waals surface area contributed by atoms with E-state index in [9.17, 15) is 9.59 Å². The third-order valence-corrected chi connectivity index (χ3v) is 3.98. The largest absolute Gasteiger partial charge is 0.464 e. The maximum Gasteiger partial charge on any atom is 0.332 e. The van der Waals surface area contributed by atoms with Gasteiger partial charge >= 0.3 is 5.97 Å². The van der Waals surface area contributed by atoms with Crippen LogP contribution in [0.15, 0.2) is 12.4 Å². The summed E-state index contributed by atoms with van der Waals surface area (Å²) >= 11 is 0. The first-order chi connectivity index (χ1) is 10.6. The van der Waals surface area contributed by atoms with Crippen LogP contribution in [0.3, 0.4) is 0 Å². The zero-order valence-corrected chi connectivity index (χ0v) is 13.0. The van der Waals surface area contributed by atoms with Gasteiger partial charge in [-0.05, 0) is 26.2 Å². The number of esters is 1. The van der Waals surface area contributed by atoms with Gasteiger partial charge in [0.15, 0.2) is 11.5 Å². The van der Waals surface area contributed by atoms with Crippen LogP contribution < -0.4 is 5.73 Å². The van der Waals surface area contributed by atoms with Gasteiger partial charge in [0.25, 0.3) is 5.91 Å². The molecule has 0 saturated carbocycles. The second-order valence-electron chi connectivity index (χ2n) is 5.35. The average Bonchev–Trinajstić information content (AvgIpc) is 2.93. The van der Waals surface area contributed by atoms with Gasteiger partial charge in [-0.3, -0.25) is 4.79 Å². The lowest BCUT2D eigenvalue weighted by Gasteiger charge is -2.36. The summed E-state index contributed by atoms with van der Waals surface area (Å²) < 4.78 is 5.23. The highest BCUT2D eigenvalue weighted by Crippen LogP contribution is 2.36. The van der Waals surface area contributed by atoms with Gasteiger partial charge < -0.3 is 15.4 Å². The van der Waals surface area contributed by atoms with E-state index >= 15 is 0 Å². The van der Waals surface area contributed by atoms with E-state index in [1.54, 1.807) is 11.8 Å². The summed E-state index contributed by atoms with van der Waals surface area (Å²) in [6.45, 7) is 4.53. The highest BCUT2D eigenvalue weighted by molar-refractivity contribution is 6.00. The van der Waals surface area contributed by atoms with Gasteiger partial charge in [-0.2, -0.15) is 0 Å². The Morgan fingerprint density at radius 2 is 2.09 bits per heavy atom. The fourth-order valence-electron chi connectivity index (χ4n) is 3.07. The van der Waals surface area contributed by atoms with Crippen molar-refractivity contribution in [2.45, 2.75) is 45.1 Å². The lowest BCUT2D eigenvalue weighted by molar-refractivity contribution is -0.155. The van der Waals surface area contributed by atoms with Gasteiger partial charge in [-0.1, -0.05) is 13.3 Å². The summed E-state index contributed by atoms with van der Waals surface area (Å²) in [5.41, 5.74) is 4.93. The molecular weight excluding hydrogens is 284 g/mol. The number of likely N-dealkylation sites (tertiary alicyclic amines) is 1. The molecule has 0 unspecified atom stereocenters. The molecular formula is C15H22N4O3. The number of rotatable bonds is 5.